The summed E-state index contributed by atoms with van der Waals surface area (Å²) in [5, 5.41) is 18.3. The molecule has 0 atom stereocenters. The number of nitrogens with two attached hydrogens (primary N) is 1. The Kier molecular flexibility index (Phi) is 2.96. The average molecular weight is 188 g/mol. The van der Waals surface area contributed by atoms with Gasteiger partial charge in [0.2, 0.25) is 0 Å². The largest absolute Gasteiger partial charge is 0.275 e. The Morgan fingerprint density at radius 1 is 1.75 bits per heavy atom. The van der Waals surface area contributed by atoms with E-state index in [0.29, 0.717) is 18.0 Å². The van der Waals surface area contributed by atoms with Crippen LogP contribution in [0.1, 0.15) is 19.9 Å². The van der Waals surface area contributed by atoms with Crippen LogP contribution in [0.4, 0.5) is 5.82 Å². The van der Waals surface area contributed by atoms with E-state index >= 15 is 0 Å². The summed E-state index contributed by atoms with van der Waals surface area (Å²) in [5.41, 5.74) is 0. The maximum Gasteiger partial charge on any atom is 0.187 e. The highest BCUT2D eigenvalue weighted by Crippen LogP contribution is 2.14. The van der Waals surface area contributed by atoms with Crippen LogP contribution in [0.5, 0.6) is 0 Å². The van der Waals surface area contributed by atoms with Gasteiger partial charge in [-0.05, 0) is 13.8 Å². The molecule has 0 fully saturated rings. The molecule has 0 radical (unpaired) electrons. The zero-order valence-electron chi connectivity index (χ0n) is 7.01. The van der Waals surface area contributed by atoms with E-state index in [1.165, 1.54) is 0 Å². The quantitative estimate of drug-likeness (QED) is 0.550. The third-order valence-corrected chi connectivity index (χ3v) is 1.81. The maximum absolute atomic E-state index is 9.12. The molecule has 1 aromatic rings. The van der Waals surface area contributed by atoms with Gasteiger partial charge >= 0.3 is 0 Å². The van der Waals surface area contributed by atoms with Gasteiger partial charge in [-0.2, -0.15) is 9.57 Å². The fraction of sp³-hybridized carbons (Fsp3) is 0.500. The molecule has 0 saturated carbocycles. The Morgan fingerprint density at radius 2 is 2.42 bits per heavy atom. The first-order chi connectivity index (χ1) is 5.65. The summed E-state index contributed by atoms with van der Waals surface area (Å²) in [5.74, 6) is 0.441. The van der Waals surface area contributed by atoms with Crippen LogP contribution in [0.25, 0.3) is 0 Å². The first-order valence-corrected chi connectivity index (χ1v) is 4.40. The summed E-state index contributed by atoms with van der Waals surface area (Å²) < 4.78 is 2.56. The molecule has 0 saturated heterocycles. The van der Waals surface area contributed by atoms with Crippen molar-refractivity contribution in [3.8, 4) is 0 Å². The van der Waals surface area contributed by atoms with Crippen molar-refractivity contribution in [1.29, 1.82) is 0 Å². The van der Waals surface area contributed by atoms with Crippen molar-refractivity contribution in [2.75, 3.05) is 4.47 Å². The van der Waals surface area contributed by atoms with E-state index in [4.69, 9.17) is 10.3 Å². The lowest BCUT2D eigenvalue weighted by Crippen LogP contribution is -2.12. The second kappa shape index (κ2) is 3.79. The Morgan fingerprint density at radius 3 is 2.83 bits per heavy atom. The minimum atomic E-state index is 0.287. The molecule has 0 aliphatic carbocycles. The van der Waals surface area contributed by atoms with Gasteiger partial charge in [0.05, 0.1) is 12.1 Å². The fourth-order valence-corrected chi connectivity index (χ4v) is 0.977. The molecular formula is C6H12N4OS. The maximum atomic E-state index is 9.12. The molecule has 0 aliphatic rings. The number of aromatic nitrogens is 2. The average Bonchev–Trinajstić information content (AvgIpc) is 2.51. The second-order valence-corrected chi connectivity index (χ2v) is 3.18. The molecule has 0 aliphatic heterocycles. The van der Waals surface area contributed by atoms with E-state index in [2.05, 4.69) is 5.10 Å². The molecule has 1 aromatic heterocycles. The van der Waals surface area contributed by atoms with Crippen LogP contribution in [0.3, 0.4) is 0 Å². The van der Waals surface area contributed by atoms with E-state index in [1.807, 2.05) is 13.8 Å². The third-order valence-electron chi connectivity index (χ3n) is 1.42. The van der Waals surface area contributed by atoms with Crippen LogP contribution in [-0.2, 0) is 0 Å². The molecule has 6 heteroatoms. The second-order valence-electron chi connectivity index (χ2n) is 2.63. The zero-order valence-corrected chi connectivity index (χ0v) is 7.82. The number of rotatable bonds is 3. The molecule has 0 amide bonds. The van der Waals surface area contributed by atoms with Crippen molar-refractivity contribution in [2.45, 2.75) is 19.9 Å². The van der Waals surface area contributed by atoms with Crippen molar-refractivity contribution >= 4 is 18.0 Å². The molecule has 0 bridgehead atoms. The number of nitrogens with zero attached hydrogens (tertiary/aromatic N) is 3. The van der Waals surface area contributed by atoms with Gasteiger partial charge in [0, 0.05) is 18.3 Å². The predicted octanol–water partition coefficient (Wildman–Crippen LogP) is 1.18. The van der Waals surface area contributed by atoms with Crippen molar-refractivity contribution in [2.24, 2.45) is 5.14 Å². The molecule has 3 N–H and O–H groups in total. The Bertz CT molecular complexity index is 249. The fourth-order valence-electron chi connectivity index (χ4n) is 0.772. The van der Waals surface area contributed by atoms with Crippen LogP contribution in [-0.4, -0.2) is 15.0 Å². The van der Waals surface area contributed by atoms with Crippen LogP contribution >= 0.6 is 12.1 Å². The van der Waals surface area contributed by atoms with Crippen LogP contribution in [0.15, 0.2) is 12.3 Å². The Labute approximate surface area is 75.4 Å². The van der Waals surface area contributed by atoms with Gasteiger partial charge in [0.25, 0.3) is 0 Å². The van der Waals surface area contributed by atoms with Gasteiger partial charge in [-0.3, -0.25) is 15.0 Å². The SMILES string of the molecule is CC(C)n1ccc(N(O)SN)n1. The van der Waals surface area contributed by atoms with E-state index in [1.54, 1.807) is 16.9 Å². The van der Waals surface area contributed by atoms with E-state index in [0.717, 1.165) is 4.47 Å². The van der Waals surface area contributed by atoms with Crippen LogP contribution in [0.2, 0.25) is 0 Å². The number of hydrogen-bond donors (Lipinski definition) is 2. The summed E-state index contributed by atoms with van der Waals surface area (Å²) in [6, 6.07) is 1.98. The molecule has 5 nitrogen and oxygen atoms in total. The van der Waals surface area contributed by atoms with Crippen molar-refractivity contribution in [3.63, 3.8) is 0 Å². The van der Waals surface area contributed by atoms with Crippen LogP contribution < -0.4 is 9.61 Å². The monoisotopic (exact) mass is 188 g/mol. The predicted molar refractivity (Wildman–Crippen MR) is 48.7 cm³/mol. The third kappa shape index (κ3) is 1.90. The lowest BCUT2D eigenvalue weighted by Gasteiger charge is -2.08. The number of hydrogen-bond acceptors (Lipinski definition) is 5. The standard InChI is InChI=1S/C6H12N4OS/c1-5(2)9-4-3-6(8-9)10(11)12-7/h3-5,11H,7H2,1-2H3. The zero-order chi connectivity index (χ0) is 9.14. The molecule has 1 rings (SSSR count). The first kappa shape index (κ1) is 9.37. The first-order valence-electron chi connectivity index (χ1n) is 3.56. The number of anilines is 1. The Balaban J connectivity index is 2.77. The summed E-state index contributed by atoms with van der Waals surface area (Å²) in [4.78, 5) is 0. The molecule has 68 valence electrons. The molecule has 1 heterocycles. The van der Waals surface area contributed by atoms with Gasteiger partial charge in [-0.25, -0.2) is 0 Å². The van der Waals surface area contributed by atoms with Gasteiger partial charge in [-0.15, -0.1) is 0 Å². The summed E-state index contributed by atoms with van der Waals surface area (Å²) in [7, 11) is 0. The van der Waals surface area contributed by atoms with Crippen molar-refractivity contribution in [3.05, 3.63) is 12.3 Å². The van der Waals surface area contributed by atoms with Gasteiger partial charge in [-0.1, -0.05) is 0 Å². The minimum Gasteiger partial charge on any atom is -0.275 e. The van der Waals surface area contributed by atoms with Gasteiger partial charge in [0.15, 0.2) is 5.82 Å². The van der Waals surface area contributed by atoms with Crippen molar-refractivity contribution < 1.29 is 5.21 Å². The lowest BCUT2D eigenvalue weighted by molar-refractivity contribution is 0.327. The summed E-state index contributed by atoms with van der Waals surface area (Å²) in [6.07, 6.45) is 1.79. The summed E-state index contributed by atoms with van der Waals surface area (Å²) in [6.45, 7) is 4.02. The normalized spacial score (nSPS) is 10.8. The molecule has 0 unspecified atom stereocenters. The lowest BCUT2D eigenvalue weighted by atomic mass is 10.4. The van der Waals surface area contributed by atoms with E-state index in [-0.39, 0.29) is 6.04 Å². The molecule has 0 aromatic carbocycles. The smallest absolute Gasteiger partial charge is 0.187 e. The topological polar surface area (TPSA) is 67.3 Å². The highest BCUT2D eigenvalue weighted by atomic mass is 32.2. The van der Waals surface area contributed by atoms with E-state index in [9.17, 15) is 0 Å². The molecular weight excluding hydrogens is 176 g/mol. The molecule has 12 heavy (non-hydrogen) atoms. The van der Waals surface area contributed by atoms with Gasteiger partial charge < -0.3 is 0 Å². The molecule has 0 spiro atoms. The van der Waals surface area contributed by atoms with Crippen molar-refractivity contribution in [1.82, 2.24) is 9.78 Å². The van der Waals surface area contributed by atoms with E-state index < -0.39 is 0 Å². The highest BCUT2D eigenvalue weighted by Gasteiger charge is 2.06. The minimum absolute atomic E-state index is 0.287. The Hall–Kier alpha value is -0.720. The summed E-state index contributed by atoms with van der Waals surface area (Å²) >= 11 is 0.716. The highest BCUT2D eigenvalue weighted by molar-refractivity contribution is 7.98. The van der Waals surface area contributed by atoms with Crippen LogP contribution in [0, 0.1) is 0 Å². The van der Waals surface area contributed by atoms with Gasteiger partial charge in [0.1, 0.15) is 0 Å².